The number of aryl methyl sites for hydroxylation is 1. The molecular formula is C21H32ClN3O2. The lowest BCUT2D eigenvalue weighted by Gasteiger charge is -2.36. The number of nitrogens with zero attached hydrogens (tertiary/aromatic N) is 2. The Labute approximate surface area is 168 Å². The third kappa shape index (κ3) is 6.13. The Bertz CT molecular complexity index is 624. The van der Waals surface area contributed by atoms with Crippen LogP contribution in [0.25, 0.3) is 0 Å². The van der Waals surface area contributed by atoms with Gasteiger partial charge in [0.15, 0.2) is 0 Å². The van der Waals surface area contributed by atoms with Gasteiger partial charge in [-0.05, 0) is 36.8 Å². The highest BCUT2D eigenvalue weighted by Gasteiger charge is 2.26. The molecule has 1 saturated carbocycles. The Morgan fingerprint density at radius 1 is 0.926 bits per heavy atom. The number of halogens is 1. The number of hydrogen-bond acceptors (Lipinski definition) is 3. The van der Waals surface area contributed by atoms with Gasteiger partial charge >= 0.3 is 0 Å². The second-order valence-corrected chi connectivity index (χ2v) is 7.67. The Kier molecular flexibility index (Phi) is 8.42. The zero-order chi connectivity index (χ0) is 18.4. The summed E-state index contributed by atoms with van der Waals surface area (Å²) in [6.45, 7) is 2.65. The molecule has 2 amide bonds. The van der Waals surface area contributed by atoms with E-state index in [0.29, 0.717) is 51.4 Å². The van der Waals surface area contributed by atoms with E-state index in [9.17, 15) is 9.59 Å². The van der Waals surface area contributed by atoms with Crippen LogP contribution in [0.3, 0.4) is 0 Å². The number of nitrogen functional groups attached to an aromatic ring is 1. The van der Waals surface area contributed by atoms with E-state index in [1.165, 1.54) is 32.1 Å². The minimum Gasteiger partial charge on any atom is -0.399 e. The normalized spacial score (nSPS) is 18.1. The first-order valence-electron chi connectivity index (χ1n) is 10.0. The van der Waals surface area contributed by atoms with Crippen LogP contribution in [0.15, 0.2) is 24.3 Å². The van der Waals surface area contributed by atoms with Gasteiger partial charge in [-0.2, -0.15) is 0 Å². The maximum absolute atomic E-state index is 12.5. The first kappa shape index (κ1) is 21.5. The fourth-order valence-electron chi connectivity index (χ4n) is 4.13. The van der Waals surface area contributed by atoms with Crippen LogP contribution in [0.5, 0.6) is 0 Å². The van der Waals surface area contributed by atoms with Crippen molar-refractivity contribution in [3.63, 3.8) is 0 Å². The molecule has 2 fully saturated rings. The molecule has 0 spiro atoms. The number of hydrogen-bond donors (Lipinski definition) is 1. The Morgan fingerprint density at radius 3 is 2.15 bits per heavy atom. The molecule has 1 heterocycles. The summed E-state index contributed by atoms with van der Waals surface area (Å²) in [6, 6.07) is 7.71. The lowest BCUT2D eigenvalue weighted by molar-refractivity contribution is -0.140. The van der Waals surface area contributed by atoms with Crippen molar-refractivity contribution in [2.75, 3.05) is 31.9 Å². The molecule has 1 aliphatic carbocycles. The van der Waals surface area contributed by atoms with Crippen LogP contribution in [0.1, 0.15) is 50.5 Å². The molecule has 1 aromatic carbocycles. The molecule has 27 heavy (non-hydrogen) atoms. The van der Waals surface area contributed by atoms with E-state index in [1.807, 2.05) is 34.1 Å². The number of carbonyl (C=O) groups is 2. The second kappa shape index (κ2) is 10.5. The first-order chi connectivity index (χ1) is 12.6. The van der Waals surface area contributed by atoms with Gasteiger partial charge in [-0.1, -0.05) is 37.5 Å². The van der Waals surface area contributed by atoms with Gasteiger partial charge in [0, 0.05) is 44.7 Å². The van der Waals surface area contributed by atoms with Gasteiger partial charge in [-0.3, -0.25) is 9.59 Å². The number of piperazine rings is 1. The number of anilines is 1. The van der Waals surface area contributed by atoms with Crippen molar-refractivity contribution in [3.8, 4) is 0 Å². The van der Waals surface area contributed by atoms with Gasteiger partial charge < -0.3 is 15.5 Å². The molecule has 2 N–H and O–H groups in total. The van der Waals surface area contributed by atoms with Crippen LogP contribution in [-0.4, -0.2) is 47.8 Å². The summed E-state index contributed by atoms with van der Waals surface area (Å²) in [7, 11) is 0. The van der Waals surface area contributed by atoms with Crippen LogP contribution in [0, 0.1) is 5.92 Å². The summed E-state index contributed by atoms with van der Waals surface area (Å²) < 4.78 is 0. The third-order valence-corrected chi connectivity index (χ3v) is 5.84. The Hall–Kier alpha value is -1.75. The predicted molar refractivity (Wildman–Crippen MR) is 111 cm³/mol. The maximum atomic E-state index is 12.5. The number of carbonyl (C=O) groups excluding carboxylic acids is 2. The van der Waals surface area contributed by atoms with Gasteiger partial charge in [0.05, 0.1) is 0 Å². The monoisotopic (exact) mass is 393 g/mol. The lowest BCUT2D eigenvalue weighted by Crippen LogP contribution is -2.50. The second-order valence-electron chi connectivity index (χ2n) is 7.67. The lowest BCUT2D eigenvalue weighted by atomic mass is 9.86. The Morgan fingerprint density at radius 2 is 1.52 bits per heavy atom. The van der Waals surface area contributed by atoms with Crippen LogP contribution in [0.2, 0.25) is 0 Å². The zero-order valence-electron chi connectivity index (χ0n) is 16.1. The maximum Gasteiger partial charge on any atom is 0.223 e. The van der Waals surface area contributed by atoms with E-state index in [-0.39, 0.29) is 24.2 Å². The smallest absolute Gasteiger partial charge is 0.223 e. The molecule has 0 aromatic heterocycles. The van der Waals surface area contributed by atoms with Gasteiger partial charge in [0.1, 0.15) is 0 Å². The average Bonchev–Trinajstić information content (AvgIpc) is 2.68. The topological polar surface area (TPSA) is 66.6 Å². The molecule has 3 rings (SSSR count). The van der Waals surface area contributed by atoms with E-state index in [4.69, 9.17) is 5.73 Å². The van der Waals surface area contributed by atoms with Crippen LogP contribution in [0.4, 0.5) is 5.69 Å². The number of para-hydroxylation sites is 1. The van der Waals surface area contributed by atoms with E-state index in [2.05, 4.69) is 0 Å². The number of benzene rings is 1. The molecule has 5 nitrogen and oxygen atoms in total. The van der Waals surface area contributed by atoms with Crippen molar-refractivity contribution in [2.45, 2.75) is 51.4 Å². The first-order valence-corrected chi connectivity index (χ1v) is 10.0. The van der Waals surface area contributed by atoms with E-state index >= 15 is 0 Å². The Balaban J connectivity index is 0.00000261. The molecule has 6 heteroatoms. The van der Waals surface area contributed by atoms with Gasteiger partial charge in [-0.15, -0.1) is 12.4 Å². The summed E-state index contributed by atoms with van der Waals surface area (Å²) in [6.07, 6.45) is 8.11. The highest BCUT2D eigenvalue weighted by Crippen LogP contribution is 2.27. The molecule has 0 unspecified atom stereocenters. The van der Waals surface area contributed by atoms with Crippen molar-refractivity contribution < 1.29 is 9.59 Å². The highest BCUT2D eigenvalue weighted by atomic mass is 35.5. The molecular weight excluding hydrogens is 362 g/mol. The largest absolute Gasteiger partial charge is 0.399 e. The highest BCUT2D eigenvalue weighted by molar-refractivity contribution is 5.85. The predicted octanol–water partition coefficient (Wildman–Crippen LogP) is 3.26. The number of rotatable bonds is 5. The van der Waals surface area contributed by atoms with Crippen molar-refractivity contribution in [2.24, 2.45) is 5.92 Å². The number of nitrogens with two attached hydrogens (primary N) is 1. The zero-order valence-corrected chi connectivity index (χ0v) is 16.9. The summed E-state index contributed by atoms with van der Waals surface area (Å²) in [5, 5.41) is 0. The summed E-state index contributed by atoms with van der Waals surface area (Å²) >= 11 is 0. The molecule has 2 aliphatic rings. The minimum absolute atomic E-state index is 0. The molecule has 0 bridgehead atoms. The minimum atomic E-state index is 0. The fourth-order valence-corrected chi connectivity index (χ4v) is 4.13. The van der Waals surface area contributed by atoms with Crippen molar-refractivity contribution in [1.82, 2.24) is 9.80 Å². The summed E-state index contributed by atoms with van der Waals surface area (Å²) in [5.74, 6) is 1.01. The SMILES string of the molecule is Cl.Nc1ccccc1CCC(=O)N1CCN(C(=O)CC2CCCCC2)CC1. The van der Waals surface area contributed by atoms with Crippen molar-refractivity contribution in [1.29, 1.82) is 0 Å². The molecule has 0 radical (unpaired) electrons. The molecule has 1 saturated heterocycles. The fraction of sp³-hybridized carbons (Fsp3) is 0.619. The molecule has 1 aromatic rings. The summed E-state index contributed by atoms with van der Waals surface area (Å²) in [5.41, 5.74) is 7.72. The number of amides is 2. The average molecular weight is 394 g/mol. The van der Waals surface area contributed by atoms with Crippen molar-refractivity contribution in [3.05, 3.63) is 29.8 Å². The van der Waals surface area contributed by atoms with E-state index in [0.717, 1.165) is 11.3 Å². The van der Waals surface area contributed by atoms with E-state index in [1.54, 1.807) is 0 Å². The standard InChI is InChI=1S/C21H31N3O2.ClH/c22-19-9-5-4-8-18(19)10-11-20(25)23-12-14-24(15-13-23)21(26)16-17-6-2-1-3-7-17;/h4-5,8-9,17H,1-3,6-7,10-16,22H2;1H. The quantitative estimate of drug-likeness (QED) is 0.780. The van der Waals surface area contributed by atoms with Crippen LogP contribution in [-0.2, 0) is 16.0 Å². The molecule has 0 atom stereocenters. The molecule has 150 valence electrons. The third-order valence-electron chi connectivity index (χ3n) is 5.84. The van der Waals surface area contributed by atoms with E-state index < -0.39 is 0 Å². The van der Waals surface area contributed by atoms with Crippen molar-refractivity contribution >= 4 is 29.9 Å². The van der Waals surface area contributed by atoms with Gasteiger partial charge in [-0.25, -0.2) is 0 Å². The van der Waals surface area contributed by atoms with Gasteiger partial charge in [0.2, 0.25) is 11.8 Å². The van der Waals surface area contributed by atoms with Gasteiger partial charge in [0.25, 0.3) is 0 Å². The molecule has 1 aliphatic heterocycles. The van der Waals surface area contributed by atoms with Crippen LogP contribution < -0.4 is 5.73 Å². The summed E-state index contributed by atoms with van der Waals surface area (Å²) in [4.78, 5) is 28.8. The van der Waals surface area contributed by atoms with Crippen LogP contribution >= 0.6 is 12.4 Å².